The van der Waals surface area contributed by atoms with Gasteiger partial charge in [0, 0.05) is 17.8 Å². The van der Waals surface area contributed by atoms with Crippen molar-refractivity contribution in [3.8, 4) is 28.4 Å². The highest BCUT2D eigenvalue weighted by molar-refractivity contribution is 5.89. The predicted molar refractivity (Wildman–Crippen MR) is 86.9 cm³/mol. The molecule has 3 aromatic rings. The van der Waals surface area contributed by atoms with Crippen LogP contribution >= 0.6 is 0 Å². The van der Waals surface area contributed by atoms with Crippen LogP contribution in [0, 0.1) is 0 Å². The van der Waals surface area contributed by atoms with Crippen molar-refractivity contribution in [3.63, 3.8) is 0 Å². The summed E-state index contributed by atoms with van der Waals surface area (Å²) in [6.07, 6.45) is 1.83. The van der Waals surface area contributed by atoms with E-state index in [9.17, 15) is 4.79 Å². The van der Waals surface area contributed by atoms with Crippen LogP contribution in [-0.2, 0) is 0 Å². The van der Waals surface area contributed by atoms with Crippen LogP contribution in [0.1, 0.15) is 10.4 Å². The van der Waals surface area contributed by atoms with E-state index in [1.807, 2.05) is 36.5 Å². The normalized spacial score (nSPS) is 12.8. The molecule has 6 nitrogen and oxygen atoms in total. The molecule has 1 aliphatic heterocycles. The number of aromatic nitrogens is 2. The molecule has 0 spiro atoms. The number of hydrogen-bond acceptors (Lipinski definition) is 4. The lowest BCUT2D eigenvalue weighted by Crippen LogP contribution is -2.15. The summed E-state index contributed by atoms with van der Waals surface area (Å²) in [5.74, 6) is 0.471. The van der Waals surface area contributed by atoms with Crippen molar-refractivity contribution in [2.24, 2.45) is 0 Å². The van der Waals surface area contributed by atoms with E-state index in [1.165, 1.54) is 0 Å². The van der Waals surface area contributed by atoms with Crippen LogP contribution in [0.25, 0.3) is 16.9 Å². The molecule has 0 unspecified atom stereocenters. The van der Waals surface area contributed by atoms with Crippen LogP contribution in [0.2, 0.25) is 0 Å². The number of hydrogen-bond donors (Lipinski definition) is 1. The number of aromatic carboxylic acids is 1. The van der Waals surface area contributed by atoms with E-state index in [0.29, 0.717) is 24.7 Å². The van der Waals surface area contributed by atoms with Gasteiger partial charge in [-0.25, -0.2) is 9.48 Å². The summed E-state index contributed by atoms with van der Waals surface area (Å²) in [5.41, 5.74) is 2.54. The summed E-state index contributed by atoms with van der Waals surface area (Å²) in [6, 6.07) is 14.2. The molecule has 0 radical (unpaired) electrons. The van der Waals surface area contributed by atoms with Gasteiger partial charge < -0.3 is 14.6 Å². The average molecular weight is 322 g/mol. The van der Waals surface area contributed by atoms with Crippen molar-refractivity contribution >= 4 is 5.97 Å². The Morgan fingerprint density at radius 3 is 2.71 bits per heavy atom. The molecule has 0 saturated carbocycles. The zero-order valence-electron chi connectivity index (χ0n) is 12.7. The number of carboxylic acid groups (broad SMARTS) is 1. The van der Waals surface area contributed by atoms with Gasteiger partial charge in [0.1, 0.15) is 13.2 Å². The smallest absolute Gasteiger partial charge is 0.335 e. The maximum atomic E-state index is 11.1. The van der Waals surface area contributed by atoms with Crippen molar-refractivity contribution < 1.29 is 19.4 Å². The second-order valence-corrected chi connectivity index (χ2v) is 5.36. The predicted octanol–water partition coefficient (Wildman–Crippen LogP) is 3.01. The molecule has 1 aromatic heterocycles. The molecule has 2 heterocycles. The van der Waals surface area contributed by atoms with Gasteiger partial charge in [-0.2, -0.15) is 5.10 Å². The molecule has 0 fully saturated rings. The molecule has 4 rings (SSSR count). The topological polar surface area (TPSA) is 73.6 Å². The number of benzene rings is 2. The van der Waals surface area contributed by atoms with Crippen LogP contribution in [0.5, 0.6) is 11.5 Å². The van der Waals surface area contributed by atoms with Crippen molar-refractivity contribution in [3.05, 3.63) is 60.3 Å². The fourth-order valence-corrected chi connectivity index (χ4v) is 2.61. The van der Waals surface area contributed by atoms with E-state index in [0.717, 1.165) is 17.0 Å². The van der Waals surface area contributed by atoms with Crippen LogP contribution in [0.15, 0.2) is 54.7 Å². The minimum atomic E-state index is -0.955. The molecule has 0 aliphatic carbocycles. The van der Waals surface area contributed by atoms with Gasteiger partial charge in [-0.3, -0.25) is 0 Å². The van der Waals surface area contributed by atoms with Gasteiger partial charge in [0.15, 0.2) is 11.5 Å². The maximum Gasteiger partial charge on any atom is 0.335 e. The first kappa shape index (κ1) is 14.3. The maximum absolute atomic E-state index is 11.1. The number of fused-ring (bicyclic) bond motifs is 1. The molecule has 2 aromatic carbocycles. The highest BCUT2D eigenvalue weighted by atomic mass is 16.6. The van der Waals surface area contributed by atoms with Gasteiger partial charge in [0.2, 0.25) is 0 Å². The van der Waals surface area contributed by atoms with Crippen molar-refractivity contribution in [1.29, 1.82) is 0 Å². The minimum Gasteiger partial charge on any atom is -0.486 e. The van der Waals surface area contributed by atoms with Crippen LogP contribution in [-0.4, -0.2) is 34.1 Å². The molecule has 0 bridgehead atoms. The second kappa shape index (κ2) is 5.73. The summed E-state index contributed by atoms with van der Waals surface area (Å²) < 4.78 is 12.8. The first-order valence-corrected chi connectivity index (χ1v) is 7.50. The van der Waals surface area contributed by atoms with E-state index in [4.69, 9.17) is 14.6 Å². The largest absolute Gasteiger partial charge is 0.486 e. The van der Waals surface area contributed by atoms with Crippen molar-refractivity contribution in [1.82, 2.24) is 9.78 Å². The molecular formula is C18H14N2O4. The highest BCUT2D eigenvalue weighted by Crippen LogP contribution is 2.32. The lowest BCUT2D eigenvalue weighted by Gasteiger charge is -2.18. The first-order valence-electron chi connectivity index (χ1n) is 7.50. The first-order chi connectivity index (χ1) is 11.7. The van der Waals surface area contributed by atoms with E-state index in [1.54, 1.807) is 22.9 Å². The third-order valence-electron chi connectivity index (χ3n) is 3.78. The van der Waals surface area contributed by atoms with Gasteiger partial charge in [0.05, 0.1) is 16.9 Å². The van der Waals surface area contributed by atoms with Gasteiger partial charge in [-0.05, 0) is 30.3 Å². The average Bonchev–Trinajstić information content (AvgIpc) is 3.11. The van der Waals surface area contributed by atoms with Crippen LogP contribution < -0.4 is 9.47 Å². The number of carbonyl (C=O) groups is 1. The van der Waals surface area contributed by atoms with Crippen molar-refractivity contribution in [2.45, 2.75) is 0 Å². The monoisotopic (exact) mass is 322 g/mol. The summed E-state index contributed by atoms with van der Waals surface area (Å²) in [5, 5.41) is 13.6. The molecule has 120 valence electrons. The van der Waals surface area contributed by atoms with Gasteiger partial charge in [-0.15, -0.1) is 0 Å². The molecule has 1 N–H and O–H groups in total. The number of carboxylic acids is 1. The third-order valence-corrected chi connectivity index (χ3v) is 3.78. The number of rotatable bonds is 3. The summed E-state index contributed by atoms with van der Waals surface area (Å²) in [6.45, 7) is 1.08. The third kappa shape index (κ3) is 2.58. The molecule has 24 heavy (non-hydrogen) atoms. The molecule has 0 atom stereocenters. The van der Waals surface area contributed by atoms with Crippen LogP contribution in [0.3, 0.4) is 0 Å². The zero-order chi connectivity index (χ0) is 16.5. The summed E-state index contributed by atoms with van der Waals surface area (Å²) in [4.78, 5) is 11.1. The Morgan fingerprint density at radius 2 is 1.88 bits per heavy atom. The quantitative estimate of drug-likeness (QED) is 0.802. The Labute approximate surface area is 137 Å². The molecule has 0 saturated heterocycles. The number of nitrogens with zero attached hydrogens (tertiary/aromatic N) is 2. The van der Waals surface area contributed by atoms with Gasteiger partial charge in [0.25, 0.3) is 0 Å². The lowest BCUT2D eigenvalue weighted by atomic mass is 10.1. The highest BCUT2D eigenvalue weighted by Gasteiger charge is 2.13. The molecule has 1 aliphatic rings. The lowest BCUT2D eigenvalue weighted by molar-refractivity contribution is 0.0697. The summed E-state index contributed by atoms with van der Waals surface area (Å²) in [7, 11) is 0. The fraction of sp³-hybridized carbons (Fsp3) is 0.111. The molecule has 6 heteroatoms. The van der Waals surface area contributed by atoms with Crippen LogP contribution in [0.4, 0.5) is 0 Å². The van der Waals surface area contributed by atoms with Crippen molar-refractivity contribution in [2.75, 3.05) is 13.2 Å². The Kier molecular flexibility index (Phi) is 3.42. The second-order valence-electron chi connectivity index (χ2n) is 5.36. The Bertz CT molecular complexity index is 917. The van der Waals surface area contributed by atoms with Gasteiger partial charge >= 0.3 is 5.97 Å². The van der Waals surface area contributed by atoms with E-state index in [2.05, 4.69) is 5.10 Å². The molecular weight excluding hydrogens is 308 g/mol. The SMILES string of the molecule is O=C(O)c1cccc(-c2ccn(-c3ccc4c(c3)OCCO4)n2)c1. The molecule has 0 amide bonds. The Hall–Kier alpha value is -3.28. The minimum absolute atomic E-state index is 0.237. The zero-order valence-corrected chi connectivity index (χ0v) is 12.7. The van der Waals surface area contributed by atoms with E-state index in [-0.39, 0.29) is 5.56 Å². The number of ether oxygens (including phenoxy) is 2. The Morgan fingerprint density at radius 1 is 1.04 bits per heavy atom. The Balaban J connectivity index is 1.68. The van der Waals surface area contributed by atoms with E-state index < -0.39 is 5.97 Å². The fourth-order valence-electron chi connectivity index (χ4n) is 2.61. The standard InChI is InChI=1S/C18H14N2O4/c21-18(22)13-3-1-2-12(10-13)15-6-7-20(19-15)14-4-5-16-17(11-14)24-9-8-23-16/h1-7,10-11H,8-9H2,(H,21,22). The van der Waals surface area contributed by atoms with Gasteiger partial charge in [-0.1, -0.05) is 12.1 Å². The summed E-state index contributed by atoms with van der Waals surface area (Å²) >= 11 is 0. The van der Waals surface area contributed by atoms with E-state index >= 15 is 0 Å².